The summed E-state index contributed by atoms with van der Waals surface area (Å²) in [7, 11) is 5.49. The predicted octanol–water partition coefficient (Wildman–Crippen LogP) is 3.78. The van der Waals surface area contributed by atoms with Crippen LogP contribution >= 0.6 is 0 Å². The largest absolute Gasteiger partial charge is 0.507 e. The molecule has 1 heterocycles. The lowest BCUT2D eigenvalue weighted by Gasteiger charge is -2.26. The second-order valence-electron chi connectivity index (χ2n) is 8.33. The predicted molar refractivity (Wildman–Crippen MR) is 128 cm³/mol. The number of nitrogens with zero attached hydrogens (tertiary/aromatic N) is 2. The summed E-state index contributed by atoms with van der Waals surface area (Å²) in [5.74, 6) is -0.0950. The molecule has 0 radical (unpaired) electrons. The fraction of sp³-hybridized carbons (Fsp3) is 0.385. The average molecular weight is 453 g/mol. The third-order valence-electron chi connectivity index (χ3n) is 5.74. The molecule has 1 aliphatic heterocycles. The van der Waals surface area contributed by atoms with Gasteiger partial charge in [-0.2, -0.15) is 0 Å². The van der Waals surface area contributed by atoms with Crippen LogP contribution in [0, 0.1) is 6.92 Å². The van der Waals surface area contributed by atoms with E-state index >= 15 is 0 Å². The minimum atomic E-state index is -0.677. The van der Waals surface area contributed by atoms with E-state index in [0.717, 1.165) is 17.7 Å². The summed E-state index contributed by atoms with van der Waals surface area (Å²) >= 11 is 0. The highest BCUT2D eigenvalue weighted by molar-refractivity contribution is 6.46. The number of rotatable bonds is 9. The van der Waals surface area contributed by atoms with Gasteiger partial charge < -0.3 is 24.4 Å². The van der Waals surface area contributed by atoms with E-state index in [1.54, 1.807) is 30.2 Å². The fourth-order valence-electron chi connectivity index (χ4n) is 4.10. The average Bonchev–Trinajstić information content (AvgIpc) is 3.04. The lowest BCUT2D eigenvalue weighted by atomic mass is 9.93. The van der Waals surface area contributed by atoms with Crippen LogP contribution in [-0.2, 0) is 9.59 Å². The second kappa shape index (κ2) is 10.5. The van der Waals surface area contributed by atoms with Crippen LogP contribution in [0.1, 0.15) is 36.1 Å². The van der Waals surface area contributed by atoms with Crippen molar-refractivity contribution < 1.29 is 24.2 Å². The Hall–Kier alpha value is -3.32. The number of amides is 1. The zero-order valence-electron chi connectivity index (χ0n) is 19.9. The first-order valence-corrected chi connectivity index (χ1v) is 11.1. The Bertz CT molecular complexity index is 1040. The van der Waals surface area contributed by atoms with Crippen molar-refractivity contribution in [2.24, 2.45) is 0 Å². The quantitative estimate of drug-likeness (QED) is 0.354. The molecule has 1 fully saturated rings. The van der Waals surface area contributed by atoms with E-state index in [0.29, 0.717) is 36.6 Å². The van der Waals surface area contributed by atoms with Crippen molar-refractivity contribution in [1.29, 1.82) is 0 Å². The Balaban J connectivity index is 2.09. The van der Waals surface area contributed by atoms with Gasteiger partial charge >= 0.3 is 0 Å². The third-order valence-corrected chi connectivity index (χ3v) is 5.74. The molecule has 0 saturated carbocycles. The number of carbonyl (C=O) groups is 2. The number of likely N-dealkylation sites (tertiary alicyclic amines) is 1. The van der Waals surface area contributed by atoms with Crippen molar-refractivity contribution >= 4 is 17.4 Å². The molecule has 1 aliphatic rings. The number of benzene rings is 2. The van der Waals surface area contributed by atoms with Gasteiger partial charge in [-0.1, -0.05) is 12.1 Å². The summed E-state index contributed by atoms with van der Waals surface area (Å²) in [5.41, 5.74) is 2.09. The molecular formula is C26H32N2O5. The molecule has 2 aromatic carbocycles. The standard InChI is InChI=1S/C26H32N2O5/c1-6-33-19-10-8-18(9-11-19)23-22(24(29)21-13-12-20(32-5)16-17(21)2)25(30)26(31)28(23)15-7-14-27(3)4/h8-13,16,23,29H,6-7,14-15H2,1-5H3/b24-22-. The van der Waals surface area contributed by atoms with Gasteiger partial charge in [0.15, 0.2) is 0 Å². The Morgan fingerprint density at radius 3 is 2.33 bits per heavy atom. The van der Waals surface area contributed by atoms with Gasteiger partial charge in [0.2, 0.25) is 0 Å². The van der Waals surface area contributed by atoms with E-state index in [2.05, 4.69) is 0 Å². The van der Waals surface area contributed by atoms with Gasteiger partial charge in [0.05, 0.1) is 25.3 Å². The minimum absolute atomic E-state index is 0.0993. The van der Waals surface area contributed by atoms with E-state index in [1.807, 2.05) is 57.1 Å². The SMILES string of the molecule is CCOc1ccc(C2/C(=C(/O)c3ccc(OC)cc3C)C(=O)C(=O)N2CCCN(C)C)cc1. The van der Waals surface area contributed by atoms with Gasteiger partial charge in [0.1, 0.15) is 17.3 Å². The number of aliphatic hydroxyl groups excluding tert-OH is 1. The fourth-order valence-corrected chi connectivity index (χ4v) is 4.10. The van der Waals surface area contributed by atoms with Crippen molar-refractivity contribution in [3.05, 3.63) is 64.7 Å². The van der Waals surface area contributed by atoms with Gasteiger partial charge in [0.25, 0.3) is 11.7 Å². The molecule has 7 nitrogen and oxygen atoms in total. The first-order chi connectivity index (χ1) is 15.8. The number of aryl methyl sites for hydroxylation is 1. The number of hydrogen-bond acceptors (Lipinski definition) is 6. The van der Waals surface area contributed by atoms with Crippen LogP contribution in [0.15, 0.2) is 48.0 Å². The molecule has 1 saturated heterocycles. The maximum absolute atomic E-state index is 13.1. The summed E-state index contributed by atoms with van der Waals surface area (Å²) in [6.45, 7) is 5.45. The molecule has 1 N–H and O–H groups in total. The molecule has 3 rings (SSSR count). The third kappa shape index (κ3) is 5.20. The van der Waals surface area contributed by atoms with E-state index in [-0.39, 0.29) is 11.3 Å². The van der Waals surface area contributed by atoms with Crippen LogP contribution in [0.5, 0.6) is 11.5 Å². The van der Waals surface area contributed by atoms with E-state index < -0.39 is 17.7 Å². The maximum Gasteiger partial charge on any atom is 0.295 e. The Morgan fingerprint density at radius 2 is 1.76 bits per heavy atom. The van der Waals surface area contributed by atoms with Crippen LogP contribution in [-0.4, -0.2) is 67.5 Å². The van der Waals surface area contributed by atoms with Crippen molar-refractivity contribution in [1.82, 2.24) is 9.80 Å². The molecule has 0 spiro atoms. The molecule has 0 bridgehead atoms. The van der Waals surface area contributed by atoms with Crippen molar-refractivity contribution in [2.75, 3.05) is 40.9 Å². The number of ether oxygens (including phenoxy) is 2. The molecule has 1 amide bonds. The lowest BCUT2D eigenvalue weighted by molar-refractivity contribution is -0.139. The van der Waals surface area contributed by atoms with E-state index in [9.17, 15) is 14.7 Å². The second-order valence-corrected chi connectivity index (χ2v) is 8.33. The highest BCUT2D eigenvalue weighted by Crippen LogP contribution is 2.40. The van der Waals surface area contributed by atoms with Crippen LogP contribution < -0.4 is 9.47 Å². The summed E-state index contributed by atoms with van der Waals surface area (Å²) in [5, 5.41) is 11.3. The Morgan fingerprint density at radius 1 is 1.09 bits per heavy atom. The minimum Gasteiger partial charge on any atom is -0.507 e. The number of ketones is 1. The zero-order chi connectivity index (χ0) is 24.1. The number of methoxy groups -OCH3 is 1. The molecule has 0 aliphatic carbocycles. The number of aliphatic hydroxyl groups is 1. The van der Waals surface area contributed by atoms with Gasteiger partial charge in [-0.25, -0.2) is 0 Å². The van der Waals surface area contributed by atoms with Gasteiger partial charge in [-0.15, -0.1) is 0 Å². The molecule has 7 heteroatoms. The molecule has 176 valence electrons. The summed E-state index contributed by atoms with van der Waals surface area (Å²) < 4.78 is 10.8. The molecule has 33 heavy (non-hydrogen) atoms. The van der Waals surface area contributed by atoms with Crippen molar-refractivity contribution in [3.63, 3.8) is 0 Å². The topological polar surface area (TPSA) is 79.3 Å². The van der Waals surface area contributed by atoms with Crippen LogP contribution in [0.2, 0.25) is 0 Å². The molecule has 1 unspecified atom stereocenters. The molecular weight excluding hydrogens is 420 g/mol. The number of Topliss-reactive ketones (excluding diaryl/α,β-unsaturated/α-hetero) is 1. The van der Waals surface area contributed by atoms with Crippen molar-refractivity contribution in [3.8, 4) is 11.5 Å². The van der Waals surface area contributed by atoms with Crippen molar-refractivity contribution in [2.45, 2.75) is 26.3 Å². The van der Waals surface area contributed by atoms with Gasteiger partial charge in [0, 0.05) is 12.1 Å². The van der Waals surface area contributed by atoms with Crippen LogP contribution in [0.25, 0.3) is 5.76 Å². The highest BCUT2D eigenvalue weighted by atomic mass is 16.5. The first kappa shape index (κ1) is 24.3. The normalized spacial score (nSPS) is 17.6. The lowest BCUT2D eigenvalue weighted by Crippen LogP contribution is -2.32. The Kier molecular flexibility index (Phi) is 7.76. The van der Waals surface area contributed by atoms with Crippen LogP contribution in [0.3, 0.4) is 0 Å². The summed E-state index contributed by atoms with van der Waals surface area (Å²) in [4.78, 5) is 29.8. The van der Waals surface area contributed by atoms with Gasteiger partial charge in [-0.3, -0.25) is 9.59 Å². The first-order valence-electron chi connectivity index (χ1n) is 11.1. The van der Waals surface area contributed by atoms with E-state index in [4.69, 9.17) is 9.47 Å². The number of hydrogen-bond donors (Lipinski definition) is 1. The molecule has 0 aromatic heterocycles. The smallest absolute Gasteiger partial charge is 0.295 e. The zero-order valence-corrected chi connectivity index (χ0v) is 19.9. The molecule has 1 atom stereocenters. The van der Waals surface area contributed by atoms with Crippen LogP contribution in [0.4, 0.5) is 0 Å². The van der Waals surface area contributed by atoms with E-state index in [1.165, 1.54) is 0 Å². The Labute approximate surface area is 195 Å². The van der Waals surface area contributed by atoms with Gasteiger partial charge in [-0.05, 0) is 82.4 Å². The maximum atomic E-state index is 13.1. The molecule has 2 aromatic rings. The number of carbonyl (C=O) groups excluding carboxylic acids is 2. The monoisotopic (exact) mass is 452 g/mol. The summed E-state index contributed by atoms with van der Waals surface area (Å²) in [6.07, 6.45) is 0.704. The summed E-state index contributed by atoms with van der Waals surface area (Å²) in [6, 6.07) is 11.9. The highest BCUT2D eigenvalue weighted by Gasteiger charge is 2.45.